The van der Waals surface area contributed by atoms with Crippen molar-refractivity contribution in [3.8, 4) is 0 Å². The van der Waals surface area contributed by atoms with Crippen molar-refractivity contribution in [2.24, 2.45) is 0 Å². The number of thiazole rings is 1. The van der Waals surface area contributed by atoms with Crippen LogP contribution in [0.2, 0.25) is 0 Å². The summed E-state index contributed by atoms with van der Waals surface area (Å²) in [6.45, 7) is 5.22. The van der Waals surface area contributed by atoms with Gasteiger partial charge in [0.05, 0.1) is 12.2 Å². The minimum Gasteiger partial charge on any atom is -0.340 e. The first-order chi connectivity index (χ1) is 10.7. The molecule has 1 aromatic heterocycles. The summed E-state index contributed by atoms with van der Waals surface area (Å²) < 4.78 is 0. The molecule has 1 fully saturated rings. The second-order valence-corrected chi connectivity index (χ2v) is 7.47. The Morgan fingerprint density at radius 3 is 2.67 bits per heavy atom. The molecule has 1 aromatic rings. The van der Waals surface area contributed by atoms with Gasteiger partial charge in [0.15, 0.2) is 0 Å². The first kappa shape index (κ1) is 21.6. The van der Waals surface area contributed by atoms with Crippen LogP contribution in [0.1, 0.15) is 34.8 Å². The van der Waals surface area contributed by atoms with Gasteiger partial charge in [-0.2, -0.15) is 0 Å². The normalized spacial score (nSPS) is 17.0. The number of hydrogen-bond donors (Lipinski definition) is 1. The first-order valence-corrected chi connectivity index (χ1v) is 9.18. The van der Waals surface area contributed by atoms with Gasteiger partial charge in [0.2, 0.25) is 5.91 Å². The van der Waals surface area contributed by atoms with E-state index in [-0.39, 0.29) is 30.7 Å². The van der Waals surface area contributed by atoms with Gasteiger partial charge in [-0.25, -0.2) is 4.98 Å². The molecule has 0 aromatic carbocycles. The summed E-state index contributed by atoms with van der Waals surface area (Å²) in [6, 6.07) is 0. The Morgan fingerprint density at radius 2 is 1.96 bits per heavy atom. The Labute approximate surface area is 161 Å². The number of rotatable bonds is 5. The number of amides is 1. The van der Waals surface area contributed by atoms with E-state index in [1.807, 2.05) is 16.2 Å². The first-order valence-electron chi connectivity index (χ1n) is 8.37. The van der Waals surface area contributed by atoms with Crippen molar-refractivity contribution < 1.29 is 4.79 Å². The summed E-state index contributed by atoms with van der Waals surface area (Å²) in [5, 5.41) is 4.49. The molecule has 0 saturated carbocycles. The molecular formula is C16H28Cl2N4OS. The van der Waals surface area contributed by atoms with E-state index in [0.717, 1.165) is 45.7 Å². The summed E-state index contributed by atoms with van der Waals surface area (Å²) in [6.07, 6.45) is 5.56. The number of carbonyl (C=O) groups is 1. The molecule has 0 radical (unpaired) electrons. The average Bonchev–Trinajstić information content (AvgIpc) is 2.95. The summed E-state index contributed by atoms with van der Waals surface area (Å²) in [7, 11) is 2.09. The number of fused-ring (bicyclic) bond motifs is 1. The van der Waals surface area contributed by atoms with Crippen LogP contribution in [-0.2, 0) is 24.2 Å². The van der Waals surface area contributed by atoms with Gasteiger partial charge in [0, 0.05) is 44.0 Å². The maximum Gasteiger partial charge on any atom is 0.223 e. The molecule has 1 saturated heterocycles. The van der Waals surface area contributed by atoms with Crippen molar-refractivity contribution in [1.82, 2.24) is 20.1 Å². The highest BCUT2D eigenvalue weighted by molar-refractivity contribution is 7.11. The Bertz CT molecular complexity index is 497. The van der Waals surface area contributed by atoms with Crippen molar-refractivity contribution in [2.45, 2.75) is 38.6 Å². The minimum absolute atomic E-state index is 0. The van der Waals surface area contributed by atoms with E-state index in [4.69, 9.17) is 4.98 Å². The number of nitrogens with one attached hydrogen (secondary N) is 1. The molecule has 24 heavy (non-hydrogen) atoms. The summed E-state index contributed by atoms with van der Waals surface area (Å²) in [4.78, 5) is 22.7. The minimum atomic E-state index is 0. The molecular weight excluding hydrogens is 367 g/mol. The molecule has 1 aliphatic carbocycles. The molecule has 2 aliphatic rings. The summed E-state index contributed by atoms with van der Waals surface area (Å²) >= 11 is 1.87. The van der Waals surface area contributed by atoms with Crippen molar-refractivity contribution in [3.05, 3.63) is 15.6 Å². The molecule has 0 unspecified atom stereocenters. The van der Waals surface area contributed by atoms with Gasteiger partial charge in [-0.1, -0.05) is 0 Å². The highest BCUT2D eigenvalue weighted by Crippen LogP contribution is 2.27. The van der Waals surface area contributed by atoms with Gasteiger partial charge in [0.25, 0.3) is 0 Å². The number of nitrogens with zero attached hydrogens (tertiary/aromatic N) is 3. The predicted octanol–water partition coefficient (Wildman–Crippen LogP) is 2.12. The van der Waals surface area contributed by atoms with Crippen LogP contribution in [0.25, 0.3) is 0 Å². The molecule has 2 heterocycles. The third-order valence-corrected chi connectivity index (χ3v) is 5.61. The monoisotopic (exact) mass is 394 g/mol. The fourth-order valence-electron chi connectivity index (χ4n) is 3.14. The van der Waals surface area contributed by atoms with E-state index in [2.05, 4.69) is 17.3 Å². The number of hydrogen-bond acceptors (Lipinski definition) is 5. The summed E-state index contributed by atoms with van der Waals surface area (Å²) in [5.41, 5.74) is 1.33. The Kier molecular flexibility index (Phi) is 9.52. The van der Waals surface area contributed by atoms with Crippen LogP contribution in [0.3, 0.4) is 0 Å². The van der Waals surface area contributed by atoms with E-state index in [9.17, 15) is 4.79 Å². The van der Waals surface area contributed by atoms with Gasteiger partial charge in [0.1, 0.15) is 5.01 Å². The molecule has 0 bridgehead atoms. The van der Waals surface area contributed by atoms with Crippen LogP contribution in [-0.4, -0.2) is 60.5 Å². The van der Waals surface area contributed by atoms with Gasteiger partial charge >= 0.3 is 0 Å². The van der Waals surface area contributed by atoms with Crippen LogP contribution in [0.15, 0.2) is 0 Å². The standard InChI is InChI=1S/C16H26N4OS.2ClH/c1-19(9-6-16(21)20-10-7-17-8-11-20)12-15-18-13-4-2-3-5-14(13)22-15;;/h17H,2-12H2,1H3;2*1H. The summed E-state index contributed by atoms with van der Waals surface area (Å²) in [5.74, 6) is 0.284. The maximum atomic E-state index is 12.2. The van der Waals surface area contributed by atoms with E-state index in [1.165, 1.54) is 34.8 Å². The largest absolute Gasteiger partial charge is 0.340 e. The van der Waals surface area contributed by atoms with E-state index >= 15 is 0 Å². The van der Waals surface area contributed by atoms with Gasteiger partial charge in [-0.15, -0.1) is 36.2 Å². The number of halogens is 2. The lowest BCUT2D eigenvalue weighted by molar-refractivity contribution is -0.132. The lowest BCUT2D eigenvalue weighted by Gasteiger charge is -2.28. The Hall–Kier alpha value is -0.400. The van der Waals surface area contributed by atoms with E-state index in [1.54, 1.807) is 0 Å². The highest BCUT2D eigenvalue weighted by atomic mass is 35.5. The van der Waals surface area contributed by atoms with Crippen molar-refractivity contribution in [1.29, 1.82) is 0 Å². The Balaban J connectivity index is 0.00000144. The number of aryl methyl sites for hydroxylation is 2. The second kappa shape index (κ2) is 10.6. The molecule has 1 amide bonds. The maximum absolute atomic E-state index is 12.2. The zero-order valence-electron chi connectivity index (χ0n) is 14.3. The number of piperazine rings is 1. The van der Waals surface area contributed by atoms with Crippen molar-refractivity contribution in [3.63, 3.8) is 0 Å². The molecule has 1 N–H and O–H groups in total. The lowest BCUT2D eigenvalue weighted by atomic mass is 10.0. The van der Waals surface area contributed by atoms with Crippen molar-refractivity contribution in [2.75, 3.05) is 39.8 Å². The van der Waals surface area contributed by atoms with Gasteiger partial charge in [-0.3, -0.25) is 9.69 Å². The van der Waals surface area contributed by atoms with Gasteiger partial charge < -0.3 is 10.2 Å². The molecule has 3 rings (SSSR count). The highest BCUT2D eigenvalue weighted by Gasteiger charge is 2.18. The molecule has 138 valence electrons. The van der Waals surface area contributed by atoms with Crippen LogP contribution in [0.5, 0.6) is 0 Å². The molecule has 1 aliphatic heterocycles. The van der Waals surface area contributed by atoms with Gasteiger partial charge in [-0.05, 0) is 32.7 Å². The molecule has 8 heteroatoms. The van der Waals surface area contributed by atoms with E-state index in [0.29, 0.717) is 6.42 Å². The predicted molar refractivity (Wildman–Crippen MR) is 104 cm³/mol. The topological polar surface area (TPSA) is 48.5 Å². The van der Waals surface area contributed by atoms with Crippen LogP contribution in [0.4, 0.5) is 0 Å². The number of carbonyl (C=O) groups excluding carboxylic acids is 1. The average molecular weight is 395 g/mol. The molecule has 0 spiro atoms. The van der Waals surface area contributed by atoms with Crippen LogP contribution in [0, 0.1) is 0 Å². The molecule has 5 nitrogen and oxygen atoms in total. The zero-order valence-corrected chi connectivity index (χ0v) is 16.7. The lowest BCUT2D eigenvalue weighted by Crippen LogP contribution is -2.47. The van der Waals surface area contributed by atoms with Crippen molar-refractivity contribution >= 4 is 42.1 Å². The fraction of sp³-hybridized carbons (Fsp3) is 0.750. The molecule has 0 atom stereocenters. The second-order valence-electron chi connectivity index (χ2n) is 6.30. The smallest absolute Gasteiger partial charge is 0.223 e. The Morgan fingerprint density at radius 1 is 1.25 bits per heavy atom. The third kappa shape index (κ3) is 5.85. The third-order valence-electron chi connectivity index (χ3n) is 4.47. The SMILES string of the molecule is CN(CCC(=O)N1CCNCC1)Cc1nc2c(s1)CCCC2.Cl.Cl. The number of aromatic nitrogens is 1. The van der Waals surface area contributed by atoms with E-state index < -0.39 is 0 Å². The van der Waals surface area contributed by atoms with Crippen LogP contribution >= 0.6 is 36.2 Å². The fourth-order valence-corrected chi connectivity index (χ4v) is 4.38. The zero-order chi connectivity index (χ0) is 15.4. The quantitative estimate of drug-likeness (QED) is 0.830. The van der Waals surface area contributed by atoms with Crippen LogP contribution < -0.4 is 5.32 Å².